The molecule has 0 radical (unpaired) electrons. The van der Waals surface area contributed by atoms with Crippen LogP contribution in [0.1, 0.15) is 23.8 Å². The van der Waals surface area contributed by atoms with Crippen molar-refractivity contribution in [1.29, 1.82) is 0 Å². The number of carboxylic acid groups (broad SMARTS) is 1. The van der Waals surface area contributed by atoms with Crippen LogP contribution in [-0.2, 0) is 4.79 Å². The van der Waals surface area contributed by atoms with Crippen molar-refractivity contribution in [3.8, 4) is 0 Å². The van der Waals surface area contributed by atoms with Crippen molar-refractivity contribution >= 4 is 29.2 Å². The van der Waals surface area contributed by atoms with E-state index in [-0.39, 0.29) is 11.9 Å². The minimum absolute atomic E-state index is 0.194. The number of imidazole rings is 1. The summed E-state index contributed by atoms with van der Waals surface area (Å²) in [6, 6.07) is 5.30. The van der Waals surface area contributed by atoms with Crippen LogP contribution in [0.5, 0.6) is 0 Å². The molecule has 2 aromatic rings. The van der Waals surface area contributed by atoms with Crippen LogP contribution in [0, 0.1) is 5.92 Å². The predicted molar refractivity (Wildman–Crippen MR) is 83.2 cm³/mol. The second-order valence-corrected chi connectivity index (χ2v) is 6.15. The maximum Gasteiger partial charge on any atom is 0.308 e. The number of nitrogens with zero attached hydrogens (tertiary/aromatic N) is 3. The molecule has 0 saturated carbocycles. The molecule has 1 fully saturated rings. The zero-order chi connectivity index (χ0) is 15.9. The van der Waals surface area contributed by atoms with Gasteiger partial charge < -0.3 is 10.0 Å². The number of pyridine rings is 1. The number of hydrogen-bond acceptors (Lipinski definition) is 4. The first-order valence-corrected chi connectivity index (χ1v) is 8.32. The third kappa shape index (κ3) is 2.25. The summed E-state index contributed by atoms with van der Waals surface area (Å²) in [6.45, 7) is 2.24. The van der Waals surface area contributed by atoms with E-state index < -0.39 is 11.9 Å². The number of thioether (sulfide) groups is 1. The molecule has 2 aromatic heterocycles. The molecule has 3 rings (SSSR count). The Hall–Kier alpha value is -2.02. The van der Waals surface area contributed by atoms with E-state index in [1.165, 1.54) is 11.8 Å². The lowest BCUT2D eigenvalue weighted by molar-refractivity contribution is -0.142. The molecule has 1 aliphatic rings. The van der Waals surface area contributed by atoms with Crippen LogP contribution in [0.25, 0.3) is 5.52 Å². The van der Waals surface area contributed by atoms with Crippen molar-refractivity contribution in [2.24, 2.45) is 5.92 Å². The van der Waals surface area contributed by atoms with Crippen LogP contribution < -0.4 is 0 Å². The van der Waals surface area contributed by atoms with E-state index in [9.17, 15) is 14.7 Å². The Morgan fingerprint density at radius 2 is 2.18 bits per heavy atom. The van der Waals surface area contributed by atoms with Gasteiger partial charge in [0.1, 0.15) is 0 Å². The second kappa shape index (κ2) is 5.64. The van der Waals surface area contributed by atoms with E-state index >= 15 is 0 Å². The molecule has 1 aliphatic heterocycles. The largest absolute Gasteiger partial charge is 0.481 e. The number of rotatable bonds is 3. The van der Waals surface area contributed by atoms with Crippen LogP contribution in [0.15, 0.2) is 29.6 Å². The van der Waals surface area contributed by atoms with Crippen molar-refractivity contribution in [2.75, 3.05) is 12.8 Å². The Morgan fingerprint density at radius 1 is 1.41 bits per heavy atom. The third-order valence-corrected chi connectivity index (χ3v) is 4.89. The molecular formula is C15H17N3O3S. The maximum absolute atomic E-state index is 12.8. The fourth-order valence-corrected chi connectivity index (χ4v) is 3.54. The van der Waals surface area contributed by atoms with E-state index in [2.05, 4.69) is 4.98 Å². The zero-order valence-corrected chi connectivity index (χ0v) is 13.2. The van der Waals surface area contributed by atoms with Gasteiger partial charge in [0.15, 0.2) is 10.9 Å². The number of fused-ring (bicyclic) bond motifs is 1. The first-order valence-electron chi connectivity index (χ1n) is 7.09. The average molecular weight is 319 g/mol. The van der Waals surface area contributed by atoms with Gasteiger partial charge >= 0.3 is 5.97 Å². The zero-order valence-electron chi connectivity index (χ0n) is 12.4. The lowest BCUT2D eigenvalue weighted by atomic mass is 10.0. The lowest BCUT2D eigenvalue weighted by Gasteiger charge is -2.22. The van der Waals surface area contributed by atoms with Gasteiger partial charge in [-0.2, -0.15) is 0 Å². The molecule has 6 nitrogen and oxygen atoms in total. The van der Waals surface area contributed by atoms with Gasteiger partial charge in [-0.25, -0.2) is 4.98 Å². The summed E-state index contributed by atoms with van der Waals surface area (Å²) in [6.07, 6.45) is 4.27. The van der Waals surface area contributed by atoms with Crippen LogP contribution >= 0.6 is 11.8 Å². The molecule has 0 spiro atoms. The number of amides is 1. The number of carboxylic acids is 1. The van der Waals surface area contributed by atoms with Gasteiger partial charge in [-0.3, -0.25) is 14.0 Å². The van der Waals surface area contributed by atoms with Gasteiger partial charge in [0.25, 0.3) is 5.91 Å². The highest BCUT2D eigenvalue weighted by molar-refractivity contribution is 7.98. The second-order valence-electron chi connectivity index (χ2n) is 5.38. The molecule has 7 heteroatoms. The van der Waals surface area contributed by atoms with E-state index in [1.54, 1.807) is 11.8 Å². The monoisotopic (exact) mass is 319 g/mol. The molecule has 0 bridgehead atoms. The number of hydrogen-bond donors (Lipinski definition) is 1. The number of carbonyl (C=O) groups excluding carboxylic acids is 1. The summed E-state index contributed by atoms with van der Waals surface area (Å²) < 4.78 is 1.88. The Balaban J connectivity index is 1.98. The molecule has 0 aromatic carbocycles. The summed E-state index contributed by atoms with van der Waals surface area (Å²) in [5.41, 5.74) is 1.14. The summed E-state index contributed by atoms with van der Waals surface area (Å²) >= 11 is 1.47. The molecule has 3 heterocycles. The van der Waals surface area contributed by atoms with Gasteiger partial charge in [-0.05, 0) is 31.7 Å². The summed E-state index contributed by atoms with van der Waals surface area (Å²) in [5, 5.41) is 9.96. The summed E-state index contributed by atoms with van der Waals surface area (Å²) in [5.74, 6) is -1.54. The van der Waals surface area contributed by atoms with Crippen molar-refractivity contribution in [2.45, 2.75) is 24.5 Å². The Labute approximate surface area is 132 Å². The maximum atomic E-state index is 12.8. The SMILES string of the molecule is CSc1nc(C(=O)N2CCC(C(=O)O)C2C)c2ccccn12. The number of likely N-dealkylation sites (tertiary alicyclic amines) is 1. The first-order chi connectivity index (χ1) is 10.5. The fraction of sp³-hybridized carbons (Fsp3) is 0.400. The highest BCUT2D eigenvalue weighted by Gasteiger charge is 2.39. The lowest BCUT2D eigenvalue weighted by Crippen LogP contribution is -2.37. The Kier molecular flexibility index (Phi) is 3.82. The summed E-state index contributed by atoms with van der Waals surface area (Å²) in [4.78, 5) is 30.1. The van der Waals surface area contributed by atoms with Crippen molar-refractivity contribution in [3.63, 3.8) is 0 Å². The minimum atomic E-state index is -0.845. The standard InChI is InChI=1S/C15H17N3O3S/c1-9-10(14(20)21)6-8-17(9)13(19)12-11-5-3-4-7-18(11)15(16-12)22-2/h3-5,7,9-10H,6,8H2,1-2H3,(H,20,21). The molecule has 116 valence electrons. The quantitative estimate of drug-likeness (QED) is 0.876. The smallest absolute Gasteiger partial charge is 0.308 e. The molecule has 1 amide bonds. The van der Waals surface area contributed by atoms with E-state index in [4.69, 9.17) is 0 Å². The Bertz CT molecular complexity index is 743. The normalized spacial score (nSPS) is 21.5. The van der Waals surface area contributed by atoms with Gasteiger partial charge in [0.2, 0.25) is 0 Å². The topological polar surface area (TPSA) is 74.9 Å². The van der Waals surface area contributed by atoms with E-state index in [0.717, 1.165) is 10.7 Å². The fourth-order valence-electron chi connectivity index (χ4n) is 3.00. The van der Waals surface area contributed by atoms with Crippen molar-refractivity contribution < 1.29 is 14.7 Å². The number of aromatic nitrogens is 2. The summed E-state index contributed by atoms with van der Waals surface area (Å²) in [7, 11) is 0. The van der Waals surface area contributed by atoms with Crippen LogP contribution in [0.3, 0.4) is 0 Å². The third-order valence-electron chi connectivity index (χ3n) is 4.23. The van der Waals surface area contributed by atoms with Crippen molar-refractivity contribution in [1.82, 2.24) is 14.3 Å². The van der Waals surface area contributed by atoms with Gasteiger partial charge in [-0.15, -0.1) is 0 Å². The first kappa shape index (κ1) is 14.9. The average Bonchev–Trinajstić information content (AvgIpc) is 3.07. The highest BCUT2D eigenvalue weighted by Crippen LogP contribution is 2.28. The molecular weight excluding hydrogens is 302 g/mol. The highest BCUT2D eigenvalue weighted by atomic mass is 32.2. The molecule has 2 atom stereocenters. The molecule has 1 saturated heterocycles. The Morgan fingerprint density at radius 3 is 2.82 bits per heavy atom. The predicted octanol–water partition coefficient (Wildman–Crippen LogP) is 1.99. The van der Waals surface area contributed by atoms with Gasteiger partial charge in [0, 0.05) is 18.8 Å². The molecule has 1 N–H and O–H groups in total. The van der Waals surface area contributed by atoms with Gasteiger partial charge in [-0.1, -0.05) is 17.8 Å². The molecule has 2 unspecified atom stereocenters. The van der Waals surface area contributed by atoms with Crippen LogP contribution in [0.4, 0.5) is 0 Å². The van der Waals surface area contributed by atoms with Crippen LogP contribution in [0.2, 0.25) is 0 Å². The van der Waals surface area contributed by atoms with Crippen molar-refractivity contribution in [3.05, 3.63) is 30.1 Å². The van der Waals surface area contributed by atoms with E-state index in [0.29, 0.717) is 18.7 Å². The number of aliphatic carboxylic acids is 1. The molecule has 0 aliphatic carbocycles. The molecule has 22 heavy (non-hydrogen) atoms. The van der Waals surface area contributed by atoms with Gasteiger partial charge in [0.05, 0.1) is 11.4 Å². The number of carbonyl (C=O) groups is 2. The minimum Gasteiger partial charge on any atom is -0.481 e. The van der Waals surface area contributed by atoms with Crippen LogP contribution in [-0.4, -0.2) is 50.1 Å². The van der Waals surface area contributed by atoms with E-state index in [1.807, 2.05) is 35.1 Å².